The van der Waals surface area contributed by atoms with Gasteiger partial charge in [0.25, 0.3) is 0 Å². The molecule has 0 bridgehead atoms. The smallest absolute Gasteiger partial charge is 0.247 e. The first kappa shape index (κ1) is 23.7. The fraction of sp³-hybridized carbons (Fsp3) is 0.826. The van der Waals surface area contributed by atoms with E-state index < -0.39 is 20.5 Å². The number of carbonyl (C=O) groups is 1. The van der Waals surface area contributed by atoms with Crippen LogP contribution in [0, 0.1) is 5.92 Å². The van der Waals surface area contributed by atoms with Gasteiger partial charge in [-0.2, -0.15) is 0 Å². The van der Waals surface area contributed by atoms with Crippen molar-refractivity contribution in [2.24, 2.45) is 5.92 Å². The molecule has 2 aliphatic carbocycles. The zero-order valence-electron chi connectivity index (χ0n) is 19.2. The highest BCUT2D eigenvalue weighted by Gasteiger charge is 2.44. The van der Waals surface area contributed by atoms with Crippen LogP contribution in [0.25, 0.3) is 0 Å². The van der Waals surface area contributed by atoms with Crippen molar-refractivity contribution >= 4 is 21.6 Å². The molecule has 9 heteroatoms. The fourth-order valence-corrected chi connectivity index (χ4v) is 6.49. The maximum Gasteiger partial charge on any atom is 0.247 e. The van der Waals surface area contributed by atoms with Crippen LogP contribution in [0.5, 0.6) is 0 Å². The Hall–Kier alpha value is -1.45. The van der Waals surface area contributed by atoms with Crippen LogP contribution < -0.4 is 5.32 Å². The van der Waals surface area contributed by atoms with E-state index in [1.165, 1.54) is 13.8 Å². The van der Waals surface area contributed by atoms with Gasteiger partial charge in [0.1, 0.15) is 4.75 Å². The Balaban J connectivity index is 1.41. The molecular weight excluding hydrogens is 432 g/mol. The quantitative estimate of drug-likeness (QED) is 0.584. The SMILES string of the molecule is CC(C)(C(=O)Nc1cc(C2(COC3CCCCO3)CCCC2)no1)S(=O)(=O)CC1CCC1. The minimum atomic E-state index is -3.59. The molecule has 1 aromatic heterocycles. The number of hydrogen-bond acceptors (Lipinski definition) is 7. The molecule has 3 aliphatic rings. The van der Waals surface area contributed by atoms with Crippen molar-refractivity contribution in [1.29, 1.82) is 0 Å². The van der Waals surface area contributed by atoms with E-state index in [0.717, 1.165) is 76.5 Å². The second-order valence-electron chi connectivity index (χ2n) is 10.2. The number of hydrogen-bond donors (Lipinski definition) is 1. The van der Waals surface area contributed by atoms with Gasteiger partial charge in [-0.3, -0.25) is 10.1 Å². The second-order valence-corrected chi connectivity index (χ2v) is 12.8. The molecule has 0 radical (unpaired) electrons. The van der Waals surface area contributed by atoms with Crippen LogP contribution >= 0.6 is 0 Å². The van der Waals surface area contributed by atoms with Gasteiger partial charge in [-0.15, -0.1) is 0 Å². The highest BCUT2D eigenvalue weighted by molar-refractivity contribution is 7.93. The summed E-state index contributed by atoms with van der Waals surface area (Å²) < 4.78 is 41.4. The molecule has 0 spiro atoms. The van der Waals surface area contributed by atoms with Gasteiger partial charge in [0.2, 0.25) is 11.8 Å². The van der Waals surface area contributed by atoms with Crippen LogP contribution in [0.3, 0.4) is 0 Å². The van der Waals surface area contributed by atoms with Gasteiger partial charge in [-0.05, 0) is 64.7 Å². The second kappa shape index (κ2) is 9.43. The molecule has 2 heterocycles. The summed E-state index contributed by atoms with van der Waals surface area (Å²) in [6.45, 7) is 4.16. The topological polar surface area (TPSA) is 108 Å². The molecule has 1 atom stereocenters. The predicted molar refractivity (Wildman–Crippen MR) is 120 cm³/mol. The standard InChI is InChI=1S/C23H36N2O6S/c1-22(2,32(27,28)15-17-8-7-9-17)21(26)24-19-14-18(25-31-19)23(11-4-5-12-23)16-30-20-10-3-6-13-29-20/h14,17,20H,3-13,15-16H2,1-2H3,(H,24,26). The molecule has 1 saturated heterocycles. The van der Waals surface area contributed by atoms with Crippen LogP contribution in [0.15, 0.2) is 10.6 Å². The van der Waals surface area contributed by atoms with E-state index in [2.05, 4.69) is 10.5 Å². The zero-order valence-corrected chi connectivity index (χ0v) is 20.0. The van der Waals surface area contributed by atoms with Crippen molar-refractivity contribution in [3.05, 3.63) is 11.8 Å². The monoisotopic (exact) mass is 468 g/mol. The number of nitrogens with zero attached hydrogens (tertiary/aromatic N) is 1. The van der Waals surface area contributed by atoms with Crippen molar-refractivity contribution in [3.8, 4) is 0 Å². The van der Waals surface area contributed by atoms with Crippen molar-refractivity contribution in [1.82, 2.24) is 5.16 Å². The van der Waals surface area contributed by atoms with Crippen LogP contribution in [0.4, 0.5) is 5.88 Å². The number of ether oxygens (including phenoxy) is 2. The molecule has 1 N–H and O–H groups in total. The summed E-state index contributed by atoms with van der Waals surface area (Å²) >= 11 is 0. The van der Waals surface area contributed by atoms with Crippen LogP contribution in [-0.2, 0) is 29.5 Å². The minimum absolute atomic E-state index is 0.0543. The van der Waals surface area contributed by atoms with Gasteiger partial charge < -0.3 is 14.0 Å². The summed E-state index contributed by atoms with van der Waals surface area (Å²) in [6, 6.07) is 1.73. The van der Waals surface area contributed by atoms with Crippen LogP contribution in [-0.4, -0.2) is 49.5 Å². The third-order valence-corrected chi connectivity index (χ3v) is 10.2. The Morgan fingerprint density at radius 2 is 1.94 bits per heavy atom. The molecule has 2 saturated carbocycles. The van der Waals surface area contributed by atoms with Crippen molar-refractivity contribution in [2.75, 3.05) is 24.3 Å². The van der Waals surface area contributed by atoms with E-state index in [1.54, 1.807) is 6.07 Å². The molecule has 180 valence electrons. The Labute approximate surface area is 190 Å². The molecule has 1 aromatic rings. The number of sulfone groups is 1. The molecule has 4 rings (SSSR count). The maximum atomic E-state index is 12.9. The average Bonchev–Trinajstić information content (AvgIpc) is 3.40. The predicted octanol–water partition coefficient (Wildman–Crippen LogP) is 3.96. The van der Waals surface area contributed by atoms with Gasteiger partial charge in [0.15, 0.2) is 16.1 Å². The largest absolute Gasteiger partial charge is 0.353 e. The summed E-state index contributed by atoms with van der Waals surface area (Å²) in [4.78, 5) is 12.9. The summed E-state index contributed by atoms with van der Waals surface area (Å²) in [5.41, 5.74) is 0.482. The van der Waals surface area contributed by atoms with Crippen molar-refractivity contribution < 1.29 is 27.2 Å². The van der Waals surface area contributed by atoms with E-state index in [9.17, 15) is 13.2 Å². The summed E-state index contributed by atoms with van der Waals surface area (Å²) in [7, 11) is -3.59. The van der Waals surface area contributed by atoms with Gasteiger partial charge in [-0.1, -0.05) is 24.4 Å². The average molecular weight is 469 g/mol. The molecule has 1 aliphatic heterocycles. The maximum absolute atomic E-state index is 12.9. The number of rotatable bonds is 9. The molecule has 8 nitrogen and oxygen atoms in total. The lowest BCUT2D eigenvalue weighted by atomic mass is 9.83. The molecule has 3 fully saturated rings. The van der Waals surface area contributed by atoms with Gasteiger partial charge in [0.05, 0.1) is 18.1 Å². The van der Waals surface area contributed by atoms with Crippen LogP contribution in [0.1, 0.15) is 83.7 Å². The van der Waals surface area contributed by atoms with Crippen LogP contribution in [0.2, 0.25) is 0 Å². The first-order valence-electron chi connectivity index (χ1n) is 12.0. The van der Waals surface area contributed by atoms with E-state index in [4.69, 9.17) is 14.0 Å². The molecule has 1 amide bonds. The summed E-state index contributed by atoms with van der Waals surface area (Å²) in [5.74, 6) is -0.193. The van der Waals surface area contributed by atoms with E-state index >= 15 is 0 Å². The van der Waals surface area contributed by atoms with Gasteiger partial charge in [0, 0.05) is 18.1 Å². The highest BCUT2D eigenvalue weighted by Crippen LogP contribution is 2.42. The fourth-order valence-electron chi connectivity index (χ4n) is 4.79. The number of carbonyl (C=O) groups excluding carboxylic acids is 1. The number of aromatic nitrogens is 1. The third-order valence-electron chi connectivity index (χ3n) is 7.54. The number of nitrogens with one attached hydrogen (secondary N) is 1. The lowest BCUT2D eigenvalue weighted by molar-refractivity contribution is -0.172. The van der Waals surface area contributed by atoms with Gasteiger partial charge >= 0.3 is 0 Å². The van der Waals surface area contributed by atoms with E-state index in [1.807, 2.05) is 0 Å². The Kier molecular flexibility index (Phi) is 6.98. The first-order chi connectivity index (χ1) is 15.2. The molecule has 1 unspecified atom stereocenters. The zero-order chi connectivity index (χ0) is 22.8. The Morgan fingerprint density at radius 1 is 1.19 bits per heavy atom. The first-order valence-corrected chi connectivity index (χ1v) is 13.6. The lowest BCUT2D eigenvalue weighted by Gasteiger charge is -2.30. The highest BCUT2D eigenvalue weighted by atomic mass is 32.2. The van der Waals surface area contributed by atoms with E-state index in [-0.39, 0.29) is 29.3 Å². The normalized spacial score (nSPS) is 24.2. The Morgan fingerprint density at radius 3 is 2.56 bits per heavy atom. The number of anilines is 1. The molecular formula is C23H36N2O6S. The van der Waals surface area contributed by atoms with Crippen molar-refractivity contribution in [2.45, 2.75) is 94.5 Å². The minimum Gasteiger partial charge on any atom is -0.353 e. The lowest BCUT2D eigenvalue weighted by Crippen LogP contribution is -2.47. The molecule has 32 heavy (non-hydrogen) atoms. The summed E-state index contributed by atoms with van der Waals surface area (Å²) in [5, 5.41) is 6.89. The third kappa shape index (κ3) is 4.89. The number of amides is 1. The van der Waals surface area contributed by atoms with Gasteiger partial charge in [-0.25, -0.2) is 8.42 Å². The summed E-state index contributed by atoms with van der Waals surface area (Å²) in [6.07, 6.45) is 9.83. The van der Waals surface area contributed by atoms with E-state index in [0.29, 0.717) is 6.61 Å². The Bertz CT molecular complexity index is 893. The van der Waals surface area contributed by atoms with Crippen molar-refractivity contribution in [3.63, 3.8) is 0 Å². The molecule has 0 aromatic carbocycles.